The van der Waals surface area contributed by atoms with Gasteiger partial charge in [-0.25, -0.2) is 0 Å². The van der Waals surface area contributed by atoms with E-state index in [1.54, 1.807) is 0 Å². The van der Waals surface area contributed by atoms with E-state index in [2.05, 4.69) is 12.4 Å². The normalized spacial score (nSPS) is 18.2. The lowest BCUT2D eigenvalue weighted by Crippen LogP contribution is -2.20. The summed E-state index contributed by atoms with van der Waals surface area (Å²) in [6.07, 6.45) is 9.14. The van der Waals surface area contributed by atoms with Crippen LogP contribution in [0.5, 0.6) is 0 Å². The summed E-state index contributed by atoms with van der Waals surface area (Å²) in [5, 5.41) is 8.00. The maximum atomic E-state index is 4.76. The number of nitrogens with two attached hydrogens (primary N) is 1. The van der Waals surface area contributed by atoms with Crippen LogP contribution in [0.25, 0.3) is 0 Å². The van der Waals surface area contributed by atoms with E-state index in [9.17, 15) is 0 Å². The zero-order valence-corrected chi connectivity index (χ0v) is 9.12. The quantitative estimate of drug-likeness (QED) is 0.654. The molecule has 1 aliphatic carbocycles. The fraction of sp³-hybridized carbons (Fsp3) is 1.00. The molecule has 1 aliphatic rings. The van der Waals surface area contributed by atoms with Crippen LogP contribution in [0, 0.1) is 5.92 Å². The Balaban J connectivity index is 0.000000354. The van der Waals surface area contributed by atoms with Crippen molar-refractivity contribution in [1.29, 1.82) is 0 Å². The highest BCUT2D eigenvalue weighted by atomic mass is 32.2. The molecular weight excluding hydrogens is 168 g/mol. The molecule has 1 fully saturated rings. The lowest BCUT2D eigenvalue weighted by atomic mass is 9.89. The fourth-order valence-corrected chi connectivity index (χ4v) is 1.68. The van der Waals surface area contributed by atoms with Crippen LogP contribution in [0.4, 0.5) is 0 Å². The Labute approximate surface area is 80.8 Å². The zero-order valence-electron chi connectivity index (χ0n) is 8.31. The van der Waals surface area contributed by atoms with E-state index in [4.69, 9.17) is 5.14 Å². The highest BCUT2D eigenvalue weighted by molar-refractivity contribution is 7.96. The Morgan fingerprint density at radius 2 is 1.83 bits per heavy atom. The van der Waals surface area contributed by atoms with Crippen molar-refractivity contribution in [2.45, 2.75) is 32.1 Å². The molecule has 3 N–H and O–H groups in total. The van der Waals surface area contributed by atoms with Crippen LogP contribution in [-0.2, 0) is 0 Å². The molecule has 0 atom stereocenters. The van der Waals surface area contributed by atoms with Gasteiger partial charge in [-0.1, -0.05) is 31.2 Å². The van der Waals surface area contributed by atoms with E-state index in [0.29, 0.717) is 0 Å². The van der Waals surface area contributed by atoms with Crippen molar-refractivity contribution >= 4 is 11.9 Å². The fourth-order valence-electron chi connectivity index (χ4n) is 1.68. The number of hydrogen-bond donors (Lipinski definition) is 2. The topological polar surface area (TPSA) is 38.0 Å². The van der Waals surface area contributed by atoms with Gasteiger partial charge in [-0.2, -0.15) is 0 Å². The van der Waals surface area contributed by atoms with E-state index < -0.39 is 0 Å². The first-order valence-corrected chi connectivity index (χ1v) is 6.01. The molecule has 2 nitrogen and oxygen atoms in total. The summed E-state index contributed by atoms with van der Waals surface area (Å²) >= 11 is 1.25. The van der Waals surface area contributed by atoms with Crippen LogP contribution >= 0.6 is 11.9 Å². The van der Waals surface area contributed by atoms with Crippen LogP contribution in [0.15, 0.2) is 0 Å². The van der Waals surface area contributed by atoms with E-state index in [1.165, 1.54) is 50.6 Å². The molecule has 12 heavy (non-hydrogen) atoms. The van der Waals surface area contributed by atoms with Gasteiger partial charge in [0.25, 0.3) is 0 Å². The number of hydrogen-bond acceptors (Lipinski definition) is 3. The SMILES string of the molecule is CNCC1CCCCC1.CSN. The van der Waals surface area contributed by atoms with Crippen molar-refractivity contribution in [3.63, 3.8) is 0 Å². The lowest BCUT2D eigenvalue weighted by molar-refractivity contribution is 0.350. The maximum Gasteiger partial charge on any atom is -0.00235 e. The molecule has 0 spiro atoms. The molecule has 0 saturated heterocycles. The van der Waals surface area contributed by atoms with Gasteiger partial charge in [0, 0.05) is 0 Å². The van der Waals surface area contributed by atoms with E-state index >= 15 is 0 Å². The van der Waals surface area contributed by atoms with Crippen LogP contribution < -0.4 is 10.5 Å². The Bertz CT molecular complexity index is 79.8. The summed E-state index contributed by atoms with van der Waals surface area (Å²) in [6.45, 7) is 1.24. The minimum Gasteiger partial charge on any atom is -0.319 e. The first kappa shape index (κ1) is 12.3. The highest BCUT2D eigenvalue weighted by Gasteiger charge is 2.11. The molecule has 0 aromatic carbocycles. The van der Waals surface area contributed by atoms with E-state index in [1.807, 2.05) is 6.26 Å². The van der Waals surface area contributed by atoms with Crippen molar-refractivity contribution in [1.82, 2.24) is 5.32 Å². The molecule has 1 saturated carbocycles. The Morgan fingerprint density at radius 1 is 1.33 bits per heavy atom. The van der Waals surface area contributed by atoms with Gasteiger partial charge < -0.3 is 5.32 Å². The third-order valence-corrected chi connectivity index (χ3v) is 2.22. The molecule has 0 bridgehead atoms. The van der Waals surface area contributed by atoms with Crippen molar-refractivity contribution in [3.8, 4) is 0 Å². The summed E-state index contributed by atoms with van der Waals surface area (Å²) in [5.41, 5.74) is 0. The van der Waals surface area contributed by atoms with E-state index in [0.717, 1.165) is 5.92 Å². The first-order valence-electron chi connectivity index (χ1n) is 4.72. The van der Waals surface area contributed by atoms with Crippen molar-refractivity contribution in [2.24, 2.45) is 11.1 Å². The molecule has 0 aliphatic heterocycles. The molecule has 0 unspecified atom stereocenters. The van der Waals surface area contributed by atoms with Crippen molar-refractivity contribution < 1.29 is 0 Å². The second-order valence-electron chi connectivity index (χ2n) is 3.30. The summed E-state index contributed by atoms with van der Waals surface area (Å²) in [4.78, 5) is 0. The third kappa shape index (κ3) is 6.95. The average molecular weight is 190 g/mol. The monoisotopic (exact) mass is 190 g/mol. The minimum atomic E-state index is 0.990. The highest BCUT2D eigenvalue weighted by Crippen LogP contribution is 2.22. The second-order valence-corrected chi connectivity index (χ2v) is 3.77. The molecule has 74 valence electrons. The number of rotatable bonds is 2. The molecule has 1 rings (SSSR count). The Hall–Kier alpha value is 0.270. The summed E-state index contributed by atoms with van der Waals surface area (Å²) in [5.74, 6) is 0.990. The van der Waals surface area contributed by atoms with Gasteiger partial charge in [0.2, 0.25) is 0 Å². The van der Waals surface area contributed by atoms with Gasteiger partial charge in [0.05, 0.1) is 0 Å². The molecule has 0 aromatic heterocycles. The molecule has 0 aromatic rings. The smallest absolute Gasteiger partial charge is 0.00235 e. The third-order valence-electron chi connectivity index (χ3n) is 2.22. The number of nitrogens with one attached hydrogen (secondary N) is 1. The van der Waals surface area contributed by atoms with Crippen LogP contribution in [0.1, 0.15) is 32.1 Å². The predicted octanol–water partition coefficient (Wildman–Crippen LogP) is 2.01. The largest absolute Gasteiger partial charge is 0.319 e. The zero-order chi connectivity index (χ0) is 9.23. The Kier molecular flexibility index (Phi) is 9.57. The van der Waals surface area contributed by atoms with Gasteiger partial charge in [0.1, 0.15) is 0 Å². The van der Waals surface area contributed by atoms with Gasteiger partial charge in [-0.3, -0.25) is 5.14 Å². The lowest BCUT2D eigenvalue weighted by Gasteiger charge is -2.20. The van der Waals surface area contributed by atoms with E-state index in [-0.39, 0.29) is 0 Å². The predicted molar refractivity (Wildman–Crippen MR) is 58.2 cm³/mol. The van der Waals surface area contributed by atoms with Gasteiger partial charge in [0.15, 0.2) is 0 Å². The molecule has 0 heterocycles. The summed E-state index contributed by atoms with van der Waals surface area (Å²) in [6, 6.07) is 0. The summed E-state index contributed by atoms with van der Waals surface area (Å²) < 4.78 is 0. The minimum absolute atomic E-state index is 0.990. The van der Waals surface area contributed by atoms with Crippen molar-refractivity contribution in [3.05, 3.63) is 0 Å². The molecule has 0 amide bonds. The second kappa shape index (κ2) is 9.36. The Morgan fingerprint density at radius 3 is 2.25 bits per heavy atom. The molecular formula is C9H22N2S. The maximum absolute atomic E-state index is 4.76. The summed E-state index contributed by atoms with van der Waals surface area (Å²) in [7, 11) is 2.05. The standard InChI is InChI=1S/C8H17N.CH5NS/c1-9-7-8-5-3-2-4-6-8;1-3-2/h8-9H,2-7H2,1H3;2H2,1H3. The van der Waals surface area contributed by atoms with Crippen LogP contribution in [0.2, 0.25) is 0 Å². The molecule has 0 radical (unpaired) electrons. The van der Waals surface area contributed by atoms with Crippen molar-refractivity contribution in [2.75, 3.05) is 19.8 Å². The van der Waals surface area contributed by atoms with Gasteiger partial charge in [-0.05, 0) is 38.6 Å². The van der Waals surface area contributed by atoms with Crippen LogP contribution in [-0.4, -0.2) is 19.8 Å². The first-order chi connectivity index (χ1) is 5.85. The average Bonchev–Trinajstić information content (AvgIpc) is 2.08. The van der Waals surface area contributed by atoms with Crippen LogP contribution in [0.3, 0.4) is 0 Å². The van der Waals surface area contributed by atoms with Gasteiger partial charge >= 0.3 is 0 Å². The van der Waals surface area contributed by atoms with Gasteiger partial charge in [-0.15, -0.1) is 0 Å². The molecule has 3 heteroatoms.